The molecule has 0 radical (unpaired) electrons. The van der Waals surface area contributed by atoms with Gasteiger partial charge in [-0.25, -0.2) is 4.79 Å². The van der Waals surface area contributed by atoms with Crippen LogP contribution in [0, 0.1) is 17.8 Å². The lowest BCUT2D eigenvalue weighted by Crippen LogP contribution is -2.61. The highest BCUT2D eigenvalue weighted by Crippen LogP contribution is 2.14. The molecule has 0 spiro atoms. The van der Waals surface area contributed by atoms with E-state index in [9.17, 15) is 48.6 Å². The van der Waals surface area contributed by atoms with E-state index in [1.165, 1.54) is 0 Å². The fraction of sp³-hybridized carbons (Fsp3) is 0.650. The predicted octanol–water partition coefficient (Wildman–Crippen LogP) is -0.716. The van der Waals surface area contributed by atoms with Crippen molar-refractivity contribution in [1.29, 1.82) is 0 Å². The molecule has 59 heavy (non-hydrogen) atoms. The molecule has 0 fully saturated rings. The van der Waals surface area contributed by atoms with Gasteiger partial charge in [0, 0.05) is 12.8 Å². The molecule has 0 heterocycles. The molecule has 0 saturated heterocycles. The highest BCUT2D eigenvalue weighted by molar-refractivity contribution is 5.97. The van der Waals surface area contributed by atoms with E-state index in [2.05, 4.69) is 31.9 Å². The number of benzene rings is 1. The second-order valence-corrected chi connectivity index (χ2v) is 15.5. The lowest BCUT2D eigenvalue weighted by Gasteiger charge is -2.31. The Kier molecular flexibility index (Phi) is 23.5. The number of nitrogens with one attached hydrogen (secondary N) is 6. The number of nitrogens with two attached hydrogens (primary N) is 2. The zero-order valence-corrected chi connectivity index (χ0v) is 35.0. The molecule has 19 heteroatoms. The van der Waals surface area contributed by atoms with Crippen LogP contribution in [0.5, 0.6) is 0 Å². The van der Waals surface area contributed by atoms with Crippen LogP contribution in [0.25, 0.3) is 0 Å². The van der Waals surface area contributed by atoms with E-state index in [0.717, 1.165) is 0 Å². The Morgan fingerprint density at radius 2 is 1.17 bits per heavy atom. The number of hydrogen-bond acceptors (Lipinski definition) is 11. The highest BCUT2D eigenvalue weighted by atomic mass is 16.4. The minimum atomic E-state index is -1.61. The summed E-state index contributed by atoms with van der Waals surface area (Å²) >= 11 is 0. The summed E-state index contributed by atoms with van der Waals surface area (Å²) in [5, 5.41) is 43.3. The van der Waals surface area contributed by atoms with Crippen LogP contribution in [0.3, 0.4) is 0 Å². The van der Waals surface area contributed by atoms with Gasteiger partial charge in [0.1, 0.15) is 36.3 Å². The summed E-state index contributed by atoms with van der Waals surface area (Å²) in [6.45, 7) is 9.94. The lowest BCUT2D eigenvalue weighted by molar-refractivity contribution is -0.143. The topological polar surface area (TPSA) is 321 Å². The SMILES string of the molecule is CC[C@H](C)[C@H](NC(=O)[C@H](CC(C)C)NC(=O)[C@H](Cc1ccccc1)NC(=O)[C@@H](N)CCC(=O)O)C(=O)N[C@H](C(=O)N[C@@H](CCCCN)C(=O)N[C@@H](CO)C(=O)O)C(C)C. The van der Waals surface area contributed by atoms with Crippen molar-refractivity contribution in [3.05, 3.63) is 35.9 Å². The van der Waals surface area contributed by atoms with Gasteiger partial charge in [-0.1, -0.05) is 78.3 Å². The molecule has 1 rings (SSSR count). The Morgan fingerprint density at radius 1 is 0.644 bits per heavy atom. The number of aliphatic hydroxyl groups excluding tert-OH is 1. The maximum absolute atomic E-state index is 14.0. The number of carbonyl (C=O) groups is 8. The third-order valence-corrected chi connectivity index (χ3v) is 9.68. The van der Waals surface area contributed by atoms with Crippen molar-refractivity contribution in [2.45, 2.75) is 135 Å². The number of unbranched alkanes of at least 4 members (excludes halogenated alkanes) is 1. The average molecular weight is 835 g/mol. The van der Waals surface area contributed by atoms with Crippen molar-refractivity contribution < 1.29 is 53.7 Å². The Morgan fingerprint density at radius 3 is 1.69 bits per heavy atom. The van der Waals surface area contributed by atoms with E-state index >= 15 is 0 Å². The van der Waals surface area contributed by atoms with Crippen LogP contribution in [0.15, 0.2) is 30.3 Å². The van der Waals surface area contributed by atoms with Gasteiger partial charge in [-0.15, -0.1) is 0 Å². The van der Waals surface area contributed by atoms with Gasteiger partial charge in [0.05, 0.1) is 12.6 Å². The summed E-state index contributed by atoms with van der Waals surface area (Å²) in [4.78, 5) is 104. The number of carbonyl (C=O) groups excluding carboxylic acids is 6. The van der Waals surface area contributed by atoms with Gasteiger partial charge < -0.3 is 58.7 Å². The van der Waals surface area contributed by atoms with Crippen LogP contribution in [0.4, 0.5) is 0 Å². The lowest BCUT2D eigenvalue weighted by atomic mass is 9.95. The van der Waals surface area contributed by atoms with Gasteiger partial charge >= 0.3 is 11.9 Å². The third kappa shape index (κ3) is 19.0. The van der Waals surface area contributed by atoms with Gasteiger partial charge in [-0.3, -0.25) is 33.6 Å². The quantitative estimate of drug-likeness (QED) is 0.0466. The summed E-state index contributed by atoms with van der Waals surface area (Å²) in [7, 11) is 0. The van der Waals surface area contributed by atoms with Crippen LogP contribution in [-0.2, 0) is 44.8 Å². The Hall–Kier alpha value is -5.14. The second kappa shape index (κ2) is 26.8. The van der Waals surface area contributed by atoms with E-state index in [0.29, 0.717) is 31.4 Å². The first kappa shape index (κ1) is 51.9. The largest absolute Gasteiger partial charge is 0.481 e. The first-order valence-electron chi connectivity index (χ1n) is 20.1. The molecule has 19 nitrogen and oxygen atoms in total. The fourth-order valence-corrected chi connectivity index (χ4v) is 5.94. The number of hydrogen-bond donors (Lipinski definition) is 11. The standard InChI is InChI=1S/C40H66N8O11/c1-7-24(6)33(39(57)47-32(23(4)5)38(56)43-27(15-11-12-18-41)35(53)46-30(21-49)40(58)59)48-37(55)28(19-22(2)3)45-36(54)29(20-25-13-9-8-10-14-25)44-34(52)26(42)16-17-31(50)51/h8-10,13-14,22-24,26-30,32-33,49H,7,11-12,15-21,41-42H2,1-6H3,(H,43,56)(H,44,52)(H,45,54)(H,46,53)(H,47,57)(H,48,55)(H,50,51)(H,58,59)/t24-,26-,27-,28-,29-,30-,32-,33-/m0/s1. The molecule has 0 aliphatic heterocycles. The first-order valence-corrected chi connectivity index (χ1v) is 20.1. The molecule has 1 aromatic rings. The molecule has 6 amide bonds. The van der Waals surface area contributed by atoms with Gasteiger partial charge in [-0.05, 0) is 62.0 Å². The van der Waals surface area contributed by atoms with Crippen molar-refractivity contribution >= 4 is 47.4 Å². The molecule has 0 saturated carbocycles. The molecule has 0 unspecified atom stereocenters. The molecule has 8 atom stereocenters. The normalized spacial score (nSPS) is 15.3. The molecule has 13 N–H and O–H groups in total. The van der Waals surface area contributed by atoms with Crippen molar-refractivity contribution in [2.75, 3.05) is 13.2 Å². The molecule has 0 aromatic heterocycles. The summed E-state index contributed by atoms with van der Waals surface area (Å²) < 4.78 is 0. The van der Waals surface area contributed by atoms with Crippen LogP contribution in [0.2, 0.25) is 0 Å². The summed E-state index contributed by atoms with van der Waals surface area (Å²) in [5.41, 5.74) is 12.2. The number of rotatable bonds is 28. The minimum Gasteiger partial charge on any atom is -0.481 e. The van der Waals surface area contributed by atoms with Gasteiger partial charge in [0.25, 0.3) is 0 Å². The van der Waals surface area contributed by atoms with Gasteiger partial charge in [0.2, 0.25) is 35.4 Å². The van der Waals surface area contributed by atoms with Crippen LogP contribution in [-0.4, -0.2) is 118 Å². The minimum absolute atomic E-state index is 0.0216. The molecule has 0 aliphatic carbocycles. The molecular weight excluding hydrogens is 768 g/mol. The van der Waals surface area contributed by atoms with Crippen LogP contribution in [0.1, 0.15) is 92.1 Å². The van der Waals surface area contributed by atoms with Gasteiger partial charge in [0.15, 0.2) is 0 Å². The van der Waals surface area contributed by atoms with E-state index < -0.39 is 108 Å². The van der Waals surface area contributed by atoms with Gasteiger partial charge in [-0.2, -0.15) is 0 Å². The number of aliphatic carboxylic acids is 2. The fourth-order valence-electron chi connectivity index (χ4n) is 5.94. The third-order valence-electron chi connectivity index (χ3n) is 9.68. The number of carboxylic acid groups (broad SMARTS) is 2. The maximum atomic E-state index is 14.0. The van der Waals surface area contributed by atoms with Crippen molar-refractivity contribution in [2.24, 2.45) is 29.2 Å². The summed E-state index contributed by atoms with van der Waals surface area (Å²) in [6, 6.07) is -0.0486. The van der Waals surface area contributed by atoms with E-state index in [1.807, 2.05) is 13.8 Å². The van der Waals surface area contributed by atoms with Crippen molar-refractivity contribution in [1.82, 2.24) is 31.9 Å². The van der Waals surface area contributed by atoms with Crippen LogP contribution < -0.4 is 43.4 Å². The highest BCUT2D eigenvalue weighted by Gasteiger charge is 2.36. The summed E-state index contributed by atoms with van der Waals surface area (Å²) in [6.07, 6.45) is 1.06. The van der Waals surface area contributed by atoms with E-state index in [4.69, 9.17) is 16.6 Å². The molecular formula is C40H66N8O11. The second-order valence-electron chi connectivity index (χ2n) is 15.5. The van der Waals surface area contributed by atoms with Crippen molar-refractivity contribution in [3.63, 3.8) is 0 Å². The predicted molar refractivity (Wildman–Crippen MR) is 218 cm³/mol. The first-order chi connectivity index (χ1) is 27.7. The molecule has 0 aliphatic rings. The Balaban J connectivity index is 3.34. The Bertz CT molecular complexity index is 1540. The zero-order chi connectivity index (χ0) is 44.8. The van der Waals surface area contributed by atoms with E-state index in [-0.39, 0.29) is 38.0 Å². The maximum Gasteiger partial charge on any atom is 0.328 e. The smallest absolute Gasteiger partial charge is 0.328 e. The average Bonchev–Trinajstić information content (AvgIpc) is 3.18. The molecule has 1 aromatic carbocycles. The number of amides is 6. The van der Waals surface area contributed by atoms with Crippen LogP contribution >= 0.6 is 0 Å². The van der Waals surface area contributed by atoms with E-state index in [1.54, 1.807) is 58.0 Å². The Labute approximate surface area is 345 Å². The zero-order valence-electron chi connectivity index (χ0n) is 35.0. The number of carboxylic acids is 2. The monoisotopic (exact) mass is 834 g/mol. The molecule has 0 bridgehead atoms. The van der Waals surface area contributed by atoms with Crippen molar-refractivity contribution in [3.8, 4) is 0 Å². The number of aliphatic hydroxyl groups is 1. The summed E-state index contributed by atoms with van der Waals surface area (Å²) in [5.74, 6) is -8.19. The molecule has 332 valence electrons.